The molecule has 2 amide bonds. The van der Waals surface area contributed by atoms with Crippen LogP contribution in [-0.4, -0.2) is 41.9 Å². The van der Waals surface area contributed by atoms with Gasteiger partial charge in [-0.05, 0) is 49.5 Å². The fourth-order valence-corrected chi connectivity index (χ4v) is 6.25. The van der Waals surface area contributed by atoms with Crippen molar-refractivity contribution in [2.24, 2.45) is 10.8 Å². The summed E-state index contributed by atoms with van der Waals surface area (Å²) in [5, 5.41) is 3.16. The average molecular weight is 407 g/mol. The Bertz CT molecular complexity index is 829. The number of hydrogen-bond acceptors (Lipinski definition) is 5. The minimum Gasteiger partial charge on any atom is -0.452 e. The van der Waals surface area contributed by atoms with Gasteiger partial charge in [0.05, 0.1) is 5.56 Å². The van der Waals surface area contributed by atoms with Crippen molar-refractivity contribution in [2.45, 2.75) is 66.8 Å². The van der Waals surface area contributed by atoms with E-state index in [1.165, 1.54) is 18.3 Å². The Morgan fingerprint density at radius 2 is 1.89 bits per heavy atom. The first-order chi connectivity index (χ1) is 12.9. The van der Waals surface area contributed by atoms with Crippen LogP contribution in [0.4, 0.5) is 5.00 Å². The fraction of sp³-hybridized carbons (Fsp3) is 0.667. The van der Waals surface area contributed by atoms with Crippen LogP contribution >= 0.6 is 11.3 Å². The summed E-state index contributed by atoms with van der Waals surface area (Å²) in [6.45, 7) is 12.3. The number of amides is 2. The molecular weight excluding hydrogens is 376 g/mol. The number of rotatable bonds is 4. The molecule has 2 aliphatic rings. The Hall–Kier alpha value is -1.89. The topological polar surface area (TPSA) is 75.7 Å². The number of ether oxygens (including phenoxy) is 1. The summed E-state index contributed by atoms with van der Waals surface area (Å²) in [5.41, 5.74) is 1.49. The summed E-state index contributed by atoms with van der Waals surface area (Å²) in [6, 6.07) is 0.222. The van der Waals surface area contributed by atoms with Crippen LogP contribution in [0.5, 0.6) is 0 Å². The van der Waals surface area contributed by atoms with Crippen LogP contribution in [0.15, 0.2) is 0 Å². The summed E-state index contributed by atoms with van der Waals surface area (Å²) in [5.74, 6) is -0.940. The van der Waals surface area contributed by atoms with Crippen molar-refractivity contribution in [2.75, 3.05) is 18.5 Å². The predicted molar refractivity (Wildman–Crippen MR) is 110 cm³/mol. The molecule has 1 N–H and O–H groups in total. The molecule has 2 heterocycles. The highest BCUT2D eigenvalue weighted by Gasteiger charge is 2.50. The van der Waals surface area contributed by atoms with E-state index in [0.717, 1.165) is 36.2 Å². The summed E-state index contributed by atoms with van der Waals surface area (Å²) in [7, 11) is 0. The van der Waals surface area contributed by atoms with E-state index in [0.29, 0.717) is 10.6 Å². The molecule has 1 saturated heterocycles. The van der Waals surface area contributed by atoms with Gasteiger partial charge in [-0.15, -0.1) is 11.3 Å². The third-order valence-electron chi connectivity index (χ3n) is 5.94. The number of fused-ring (bicyclic) bond motifs is 2. The average Bonchev–Trinajstić information content (AvgIpc) is 2.96. The lowest BCUT2D eigenvalue weighted by Crippen LogP contribution is -2.39. The van der Waals surface area contributed by atoms with Crippen LogP contribution in [-0.2, 0) is 14.3 Å². The number of thiophene rings is 1. The maximum atomic E-state index is 12.8. The highest BCUT2D eigenvalue weighted by molar-refractivity contribution is 7.16. The monoisotopic (exact) mass is 406 g/mol. The normalized spacial score (nSPS) is 25.5. The third kappa shape index (κ3) is 4.09. The van der Waals surface area contributed by atoms with Crippen LogP contribution in [0.25, 0.3) is 0 Å². The van der Waals surface area contributed by atoms with Gasteiger partial charge >= 0.3 is 5.97 Å². The van der Waals surface area contributed by atoms with Crippen LogP contribution in [0, 0.1) is 24.7 Å². The maximum Gasteiger partial charge on any atom is 0.341 e. The molecule has 1 aromatic heterocycles. The van der Waals surface area contributed by atoms with Crippen molar-refractivity contribution in [3.05, 3.63) is 16.0 Å². The Labute approximate surface area is 170 Å². The van der Waals surface area contributed by atoms with E-state index in [2.05, 4.69) is 26.1 Å². The molecule has 2 bridgehead atoms. The molecule has 3 rings (SSSR count). The number of carbonyl (C=O) groups is 3. The molecule has 0 aromatic carbocycles. The van der Waals surface area contributed by atoms with Gasteiger partial charge in [-0.2, -0.15) is 0 Å². The van der Waals surface area contributed by atoms with Crippen LogP contribution < -0.4 is 5.32 Å². The molecule has 6 nitrogen and oxygen atoms in total. The molecule has 0 radical (unpaired) electrons. The van der Waals surface area contributed by atoms with Gasteiger partial charge < -0.3 is 15.0 Å². The first-order valence-corrected chi connectivity index (χ1v) is 10.6. The fourth-order valence-electron chi connectivity index (χ4n) is 5.15. The third-order valence-corrected chi connectivity index (χ3v) is 7.06. The lowest BCUT2D eigenvalue weighted by atomic mass is 9.65. The Balaban J connectivity index is 1.67. The minimum absolute atomic E-state index is 0.134. The lowest BCUT2D eigenvalue weighted by molar-refractivity contribution is -0.135. The van der Waals surface area contributed by atoms with E-state index >= 15 is 0 Å². The van der Waals surface area contributed by atoms with E-state index in [1.54, 1.807) is 0 Å². The number of esters is 1. The maximum absolute atomic E-state index is 12.8. The largest absolute Gasteiger partial charge is 0.452 e. The van der Waals surface area contributed by atoms with E-state index in [4.69, 9.17) is 4.74 Å². The summed E-state index contributed by atoms with van der Waals surface area (Å²) in [4.78, 5) is 39.7. The molecule has 0 unspecified atom stereocenters. The van der Waals surface area contributed by atoms with Gasteiger partial charge in [0.25, 0.3) is 5.91 Å². The van der Waals surface area contributed by atoms with E-state index < -0.39 is 5.97 Å². The molecule has 28 heavy (non-hydrogen) atoms. The van der Waals surface area contributed by atoms with Gasteiger partial charge in [-0.25, -0.2) is 4.79 Å². The molecule has 7 heteroatoms. The Kier molecular flexibility index (Phi) is 5.34. The molecule has 2 fully saturated rings. The summed E-state index contributed by atoms with van der Waals surface area (Å²) >= 11 is 1.34. The number of nitrogens with zero attached hydrogens (tertiary/aromatic N) is 1. The van der Waals surface area contributed by atoms with Gasteiger partial charge in [0.1, 0.15) is 5.00 Å². The predicted octanol–water partition coefficient (Wildman–Crippen LogP) is 3.91. The first kappa shape index (κ1) is 20.8. The smallest absolute Gasteiger partial charge is 0.341 e. The highest BCUT2D eigenvalue weighted by atomic mass is 32.1. The molecule has 2 atom stereocenters. The van der Waals surface area contributed by atoms with Crippen LogP contribution in [0.1, 0.15) is 67.8 Å². The molecule has 1 saturated carbocycles. The zero-order valence-corrected chi connectivity index (χ0v) is 18.4. The number of carbonyl (C=O) groups excluding carboxylic acids is 3. The van der Waals surface area contributed by atoms with Gasteiger partial charge in [0.2, 0.25) is 5.91 Å². The van der Waals surface area contributed by atoms with Crippen LogP contribution in [0.2, 0.25) is 0 Å². The van der Waals surface area contributed by atoms with Gasteiger partial charge in [-0.3, -0.25) is 9.59 Å². The Morgan fingerprint density at radius 1 is 1.21 bits per heavy atom. The molecule has 1 aromatic rings. The van der Waals surface area contributed by atoms with Gasteiger partial charge in [-0.1, -0.05) is 20.8 Å². The number of aryl methyl sites for hydroxylation is 1. The van der Waals surface area contributed by atoms with Crippen molar-refractivity contribution in [1.29, 1.82) is 0 Å². The summed E-state index contributed by atoms with van der Waals surface area (Å²) < 4.78 is 5.38. The van der Waals surface area contributed by atoms with Gasteiger partial charge in [0.15, 0.2) is 6.61 Å². The molecule has 1 aliphatic heterocycles. The lowest BCUT2D eigenvalue weighted by Gasteiger charge is -2.39. The number of anilines is 1. The quantitative estimate of drug-likeness (QED) is 0.769. The highest BCUT2D eigenvalue weighted by Crippen LogP contribution is 2.52. The van der Waals surface area contributed by atoms with Crippen molar-refractivity contribution >= 4 is 34.1 Å². The molecule has 0 spiro atoms. The SMILES string of the molecule is CC(=O)Nc1sc(C)c(C)c1C(=O)OCC(=O)N1C[C@@]2(C)C[C@H]1CC(C)(C)C2. The number of hydrogen-bond donors (Lipinski definition) is 1. The zero-order chi connectivity index (χ0) is 20.9. The molecule has 154 valence electrons. The second-order valence-corrected chi connectivity index (χ2v) is 10.7. The van der Waals surface area contributed by atoms with E-state index in [1.807, 2.05) is 18.7 Å². The van der Waals surface area contributed by atoms with Crippen molar-refractivity contribution in [1.82, 2.24) is 4.90 Å². The Morgan fingerprint density at radius 3 is 2.54 bits per heavy atom. The second kappa shape index (κ2) is 7.17. The van der Waals surface area contributed by atoms with Crippen LogP contribution in [0.3, 0.4) is 0 Å². The van der Waals surface area contributed by atoms with E-state index in [9.17, 15) is 14.4 Å². The van der Waals surface area contributed by atoms with Crippen molar-refractivity contribution < 1.29 is 19.1 Å². The van der Waals surface area contributed by atoms with Gasteiger partial charge in [0, 0.05) is 24.4 Å². The summed E-state index contributed by atoms with van der Waals surface area (Å²) in [6.07, 6.45) is 3.11. The van der Waals surface area contributed by atoms with Crippen molar-refractivity contribution in [3.63, 3.8) is 0 Å². The number of likely N-dealkylation sites (tertiary alicyclic amines) is 1. The minimum atomic E-state index is -0.562. The van der Waals surface area contributed by atoms with E-state index in [-0.39, 0.29) is 35.3 Å². The first-order valence-electron chi connectivity index (χ1n) is 9.75. The standard InChI is InChI=1S/C21H30N2O4S/c1-12-13(2)28-18(22-14(3)24)17(12)19(26)27-9-16(25)23-11-21(6)8-15(23)7-20(4,5)10-21/h15H,7-11H2,1-6H3,(H,22,24)/t15-,21+/m1/s1. The second-order valence-electron chi connectivity index (χ2n) is 9.48. The number of nitrogens with one attached hydrogen (secondary N) is 1. The van der Waals surface area contributed by atoms with Crippen molar-refractivity contribution in [3.8, 4) is 0 Å². The molecule has 1 aliphatic carbocycles. The molecular formula is C21H30N2O4S. The zero-order valence-electron chi connectivity index (χ0n) is 17.6.